The van der Waals surface area contributed by atoms with Crippen LogP contribution in [0.2, 0.25) is 0 Å². The van der Waals surface area contributed by atoms with Crippen molar-refractivity contribution in [1.82, 2.24) is 0 Å². The van der Waals surface area contributed by atoms with Crippen molar-refractivity contribution in [3.8, 4) is 5.75 Å². The van der Waals surface area contributed by atoms with E-state index in [0.717, 1.165) is 40.1 Å². The molecule has 2 aromatic rings. The number of aryl methyl sites for hydroxylation is 1. The summed E-state index contributed by atoms with van der Waals surface area (Å²) in [6.45, 7) is 2.88. The second-order valence-corrected chi connectivity index (χ2v) is 7.14. The molecule has 4 heteroatoms. The molecule has 1 aliphatic rings. The van der Waals surface area contributed by atoms with Crippen molar-refractivity contribution in [1.29, 1.82) is 0 Å². The fourth-order valence-electron chi connectivity index (χ4n) is 2.57. The van der Waals surface area contributed by atoms with Gasteiger partial charge in [0.1, 0.15) is 5.75 Å². The molecule has 20 heavy (non-hydrogen) atoms. The molecule has 0 bridgehead atoms. The maximum Gasteiger partial charge on any atom is 0.125 e. The zero-order valence-electron chi connectivity index (χ0n) is 11.4. The van der Waals surface area contributed by atoms with E-state index in [9.17, 15) is 5.11 Å². The van der Waals surface area contributed by atoms with Gasteiger partial charge in [0.25, 0.3) is 0 Å². The van der Waals surface area contributed by atoms with Crippen molar-refractivity contribution >= 4 is 27.3 Å². The summed E-state index contributed by atoms with van der Waals surface area (Å²) in [5, 5.41) is 10.4. The van der Waals surface area contributed by atoms with Crippen molar-refractivity contribution in [3.05, 3.63) is 49.6 Å². The third-order valence-electron chi connectivity index (χ3n) is 3.60. The molecule has 0 saturated carbocycles. The summed E-state index contributed by atoms with van der Waals surface area (Å²) in [5.74, 6) is 0.972. The highest BCUT2D eigenvalue weighted by atomic mass is 79.9. The first-order valence-electron chi connectivity index (χ1n) is 6.88. The van der Waals surface area contributed by atoms with E-state index in [4.69, 9.17) is 4.74 Å². The van der Waals surface area contributed by atoms with E-state index in [1.807, 2.05) is 6.07 Å². The zero-order chi connectivity index (χ0) is 14.1. The fourth-order valence-corrected chi connectivity index (χ4v) is 4.06. The van der Waals surface area contributed by atoms with Gasteiger partial charge in [0.15, 0.2) is 0 Å². The quantitative estimate of drug-likeness (QED) is 0.889. The van der Waals surface area contributed by atoms with E-state index in [-0.39, 0.29) is 0 Å². The molecule has 2 heterocycles. The van der Waals surface area contributed by atoms with Gasteiger partial charge in [0, 0.05) is 27.1 Å². The van der Waals surface area contributed by atoms with Gasteiger partial charge in [-0.05, 0) is 41.8 Å². The Morgan fingerprint density at radius 1 is 1.40 bits per heavy atom. The maximum atomic E-state index is 10.4. The Morgan fingerprint density at radius 2 is 2.25 bits per heavy atom. The van der Waals surface area contributed by atoms with Crippen LogP contribution in [0, 0.1) is 0 Å². The van der Waals surface area contributed by atoms with Crippen LogP contribution in [0.3, 0.4) is 0 Å². The predicted octanol–water partition coefficient (Wildman–Crippen LogP) is 4.28. The van der Waals surface area contributed by atoms with Gasteiger partial charge < -0.3 is 9.84 Å². The molecule has 1 unspecified atom stereocenters. The Hall–Kier alpha value is -0.840. The van der Waals surface area contributed by atoms with Crippen LogP contribution in [-0.4, -0.2) is 11.7 Å². The van der Waals surface area contributed by atoms with E-state index in [1.165, 1.54) is 10.4 Å². The van der Waals surface area contributed by atoms with Crippen LogP contribution in [0.1, 0.15) is 33.9 Å². The second kappa shape index (κ2) is 5.88. The van der Waals surface area contributed by atoms with Gasteiger partial charge >= 0.3 is 0 Å². The monoisotopic (exact) mass is 352 g/mol. The summed E-state index contributed by atoms with van der Waals surface area (Å²) in [6, 6.07) is 8.30. The summed E-state index contributed by atoms with van der Waals surface area (Å²) in [7, 11) is 0. The number of fused-ring (bicyclic) bond motifs is 1. The summed E-state index contributed by atoms with van der Waals surface area (Å²) in [5.41, 5.74) is 2.33. The Kier molecular flexibility index (Phi) is 4.15. The molecule has 0 aliphatic carbocycles. The summed E-state index contributed by atoms with van der Waals surface area (Å²) < 4.78 is 6.78. The Balaban J connectivity index is 1.84. The van der Waals surface area contributed by atoms with Gasteiger partial charge in [-0.15, -0.1) is 11.3 Å². The predicted molar refractivity (Wildman–Crippen MR) is 85.7 cm³/mol. The highest BCUT2D eigenvalue weighted by molar-refractivity contribution is 9.10. The Morgan fingerprint density at radius 3 is 3.00 bits per heavy atom. The average molecular weight is 353 g/mol. The number of thiophene rings is 1. The van der Waals surface area contributed by atoms with E-state index < -0.39 is 6.10 Å². The number of aliphatic hydroxyl groups excluding tert-OH is 1. The van der Waals surface area contributed by atoms with Crippen LogP contribution < -0.4 is 4.74 Å². The molecule has 106 valence electrons. The molecular formula is C16H17BrO2S. The normalized spacial score (nSPS) is 14.9. The molecule has 0 amide bonds. The molecule has 1 aromatic carbocycles. The lowest BCUT2D eigenvalue weighted by Gasteiger charge is -2.13. The van der Waals surface area contributed by atoms with Crippen molar-refractivity contribution in [2.24, 2.45) is 0 Å². The molecule has 1 aromatic heterocycles. The fraction of sp³-hybridized carbons (Fsp3) is 0.375. The van der Waals surface area contributed by atoms with Gasteiger partial charge in [-0.1, -0.05) is 22.9 Å². The van der Waals surface area contributed by atoms with Gasteiger partial charge in [-0.2, -0.15) is 0 Å². The standard InChI is InChI=1S/C16H17BrO2S/c1-2-13-3-4-15(20-13)14(18)9-11-8-12(17)7-10-5-6-19-16(10)11/h3-4,7-8,14,18H,2,5-6,9H2,1H3. The Bertz CT molecular complexity index is 621. The number of benzene rings is 1. The molecule has 1 N–H and O–H groups in total. The summed E-state index contributed by atoms with van der Waals surface area (Å²) in [6.07, 6.45) is 2.12. The molecule has 0 spiro atoms. The minimum absolute atomic E-state index is 0.456. The first-order valence-corrected chi connectivity index (χ1v) is 8.49. The lowest BCUT2D eigenvalue weighted by molar-refractivity contribution is 0.181. The number of hydrogen-bond acceptors (Lipinski definition) is 3. The highest BCUT2D eigenvalue weighted by Gasteiger charge is 2.20. The van der Waals surface area contributed by atoms with Gasteiger partial charge in [0.2, 0.25) is 0 Å². The summed E-state index contributed by atoms with van der Waals surface area (Å²) >= 11 is 5.24. The molecule has 1 aliphatic heterocycles. The van der Waals surface area contributed by atoms with E-state index in [2.05, 4.69) is 41.1 Å². The topological polar surface area (TPSA) is 29.5 Å². The van der Waals surface area contributed by atoms with E-state index >= 15 is 0 Å². The van der Waals surface area contributed by atoms with Crippen LogP contribution in [0.4, 0.5) is 0 Å². The van der Waals surface area contributed by atoms with Crippen LogP contribution in [0.15, 0.2) is 28.7 Å². The molecule has 0 fully saturated rings. The van der Waals surface area contributed by atoms with Crippen LogP contribution in [0.5, 0.6) is 5.75 Å². The highest BCUT2D eigenvalue weighted by Crippen LogP contribution is 2.36. The van der Waals surface area contributed by atoms with Crippen molar-refractivity contribution < 1.29 is 9.84 Å². The molecule has 2 nitrogen and oxygen atoms in total. The number of rotatable bonds is 4. The third kappa shape index (κ3) is 2.78. The van der Waals surface area contributed by atoms with Crippen LogP contribution in [0.25, 0.3) is 0 Å². The van der Waals surface area contributed by atoms with Gasteiger partial charge in [-0.25, -0.2) is 0 Å². The van der Waals surface area contributed by atoms with Crippen molar-refractivity contribution in [2.75, 3.05) is 6.61 Å². The number of halogens is 1. The Labute approximate surface area is 131 Å². The molecule has 1 atom stereocenters. The molecule has 3 rings (SSSR count). The number of hydrogen-bond donors (Lipinski definition) is 1. The lowest BCUT2D eigenvalue weighted by Crippen LogP contribution is -2.01. The second-order valence-electron chi connectivity index (χ2n) is 5.03. The number of ether oxygens (including phenoxy) is 1. The first-order chi connectivity index (χ1) is 9.67. The van der Waals surface area contributed by atoms with Crippen LogP contribution in [-0.2, 0) is 19.3 Å². The molecule has 0 saturated heterocycles. The smallest absolute Gasteiger partial charge is 0.125 e. The SMILES string of the molecule is CCc1ccc(C(O)Cc2cc(Br)cc3c2OCC3)s1. The van der Waals surface area contributed by atoms with Gasteiger partial charge in [0.05, 0.1) is 12.7 Å². The minimum Gasteiger partial charge on any atom is -0.493 e. The zero-order valence-corrected chi connectivity index (χ0v) is 13.8. The van der Waals surface area contributed by atoms with Gasteiger partial charge in [-0.3, -0.25) is 0 Å². The minimum atomic E-state index is -0.456. The van der Waals surface area contributed by atoms with E-state index in [1.54, 1.807) is 11.3 Å². The largest absolute Gasteiger partial charge is 0.493 e. The average Bonchev–Trinajstić information content (AvgIpc) is 3.06. The van der Waals surface area contributed by atoms with E-state index in [0.29, 0.717) is 6.42 Å². The van der Waals surface area contributed by atoms with Crippen molar-refractivity contribution in [3.63, 3.8) is 0 Å². The third-order valence-corrected chi connectivity index (χ3v) is 5.39. The van der Waals surface area contributed by atoms with Crippen LogP contribution >= 0.6 is 27.3 Å². The first kappa shape index (κ1) is 14.1. The number of aliphatic hydroxyl groups is 1. The maximum absolute atomic E-state index is 10.4. The molecular weight excluding hydrogens is 336 g/mol. The lowest BCUT2D eigenvalue weighted by atomic mass is 10.0. The summed E-state index contributed by atoms with van der Waals surface area (Å²) in [4.78, 5) is 2.35. The molecule has 0 radical (unpaired) electrons. The van der Waals surface area contributed by atoms with Crippen molar-refractivity contribution in [2.45, 2.75) is 32.3 Å².